The molecule has 0 saturated heterocycles. The molecule has 0 amide bonds. The first kappa shape index (κ1) is 13.2. The molecule has 0 aliphatic carbocycles. The number of nitrogen functional groups attached to an aromatic ring is 1. The summed E-state index contributed by atoms with van der Waals surface area (Å²) in [5.74, 6) is -1.69. The van der Waals surface area contributed by atoms with Gasteiger partial charge in [0.1, 0.15) is 5.82 Å². The van der Waals surface area contributed by atoms with E-state index < -0.39 is 11.8 Å². The van der Waals surface area contributed by atoms with Gasteiger partial charge in [0.2, 0.25) is 0 Å². The summed E-state index contributed by atoms with van der Waals surface area (Å²) in [7, 11) is 0. The lowest BCUT2D eigenvalue weighted by molar-refractivity contribution is 0.0698. The molecule has 0 radical (unpaired) electrons. The number of hydrogen-bond donors (Lipinski definition) is 3. The number of carbonyl (C=O) groups is 1. The first-order valence-corrected chi connectivity index (χ1v) is 5.70. The van der Waals surface area contributed by atoms with E-state index in [2.05, 4.69) is 5.32 Å². The average Bonchev–Trinajstić information content (AvgIpc) is 2.36. The largest absolute Gasteiger partial charge is 0.478 e. The van der Waals surface area contributed by atoms with Crippen molar-refractivity contribution in [2.45, 2.75) is 0 Å². The van der Waals surface area contributed by atoms with Crippen LogP contribution in [0.15, 0.2) is 36.4 Å². The molecule has 0 bridgehead atoms. The van der Waals surface area contributed by atoms with Crippen LogP contribution in [-0.4, -0.2) is 11.1 Å². The lowest BCUT2D eigenvalue weighted by atomic mass is 10.1. The Hall–Kier alpha value is -2.27. The molecule has 0 unspecified atom stereocenters. The number of nitrogens with one attached hydrogen (secondary N) is 1. The zero-order valence-electron chi connectivity index (χ0n) is 9.65. The maximum atomic E-state index is 13.3. The second kappa shape index (κ2) is 5.16. The van der Waals surface area contributed by atoms with Gasteiger partial charge in [0.05, 0.1) is 22.0 Å². The molecule has 2 aromatic carbocycles. The summed E-state index contributed by atoms with van der Waals surface area (Å²) < 4.78 is 13.3. The van der Waals surface area contributed by atoms with Crippen LogP contribution in [0.1, 0.15) is 10.4 Å². The summed E-state index contributed by atoms with van der Waals surface area (Å²) in [4.78, 5) is 10.9. The van der Waals surface area contributed by atoms with Gasteiger partial charge in [-0.15, -0.1) is 0 Å². The highest BCUT2D eigenvalue weighted by Crippen LogP contribution is 2.27. The summed E-state index contributed by atoms with van der Waals surface area (Å²) in [6.07, 6.45) is 0. The smallest absolute Gasteiger partial charge is 0.337 e. The minimum absolute atomic E-state index is 0.0119. The van der Waals surface area contributed by atoms with Gasteiger partial charge < -0.3 is 16.2 Å². The molecule has 98 valence electrons. The normalized spacial score (nSPS) is 10.2. The molecule has 0 saturated carbocycles. The monoisotopic (exact) mass is 280 g/mol. The van der Waals surface area contributed by atoms with E-state index in [1.165, 1.54) is 18.2 Å². The van der Waals surface area contributed by atoms with Gasteiger partial charge in [-0.1, -0.05) is 17.7 Å². The van der Waals surface area contributed by atoms with Crippen LogP contribution in [0.5, 0.6) is 0 Å². The molecule has 2 rings (SSSR count). The molecule has 0 aliphatic rings. The fraction of sp³-hybridized carbons (Fsp3) is 0. The van der Waals surface area contributed by atoms with E-state index in [0.29, 0.717) is 11.4 Å². The van der Waals surface area contributed by atoms with Crippen molar-refractivity contribution >= 4 is 34.6 Å². The summed E-state index contributed by atoms with van der Waals surface area (Å²) in [5.41, 5.74) is 6.63. The molecule has 19 heavy (non-hydrogen) atoms. The highest BCUT2D eigenvalue weighted by molar-refractivity contribution is 6.30. The van der Waals surface area contributed by atoms with E-state index in [0.717, 1.165) is 0 Å². The number of hydrogen-bond acceptors (Lipinski definition) is 3. The molecule has 2 aromatic rings. The van der Waals surface area contributed by atoms with Crippen molar-refractivity contribution in [1.29, 1.82) is 0 Å². The number of para-hydroxylation sites is 1. The van der Waals surface area contributed by atoms with Gasteiger partial charge in [0.15, 0.2) is 0 Å². The van der Waals surface area contributed by atoms with Crippen molar-refractivity contribution in [3.63, 3.8) is 0 Å². The molecule has 4 N–H and O–H groups in total. The Morgan fingerprint density at radius 1 is 1.32 bits per heavy atom. The second-order valence-electron chi connectivity index (χ2n) is 3.83. The first-order valence-electron chi connectivity index (χ1n) is 5.33. The zero-order chi connectivity index (χ0) is 14.0. The van der Waals surface area contributed by atoms with Crippen LogP contribution in [0.2, 0.25) is 5.02 Å². The Morgan fingerprint density at radius 3 is 2.68 bits per heavy atom. The Bertz CT molecular complexity index is 647. The van der Waals surface area contributed by atoms with Crippen LogP contribution >= 0.6 is 11.6 Å². The number of nitrogens with two attached hydrogens (primary N) is 1. The number of carboxylic acids is 1. The number of anilines is 3. The SMILES string of the molecule is Nc1c(Nc2ccc(Cl)c(F)c2)cccc1C(=O)O. The van der Waals surface area contributed by atoms with Gasteiger partial charge in [-0.05, 0) is 30.3 Å². The fourth-order valence-electron chi connectivity index (χ4n) is 1.59. The molecule has 0 heterocycles. The van der Waals surface area contributed by atoms with E-state index in [9.17, 15) is 9.18 Å². The molecule has 0 spiro atoms. The summed E-state index contributed by atoms with van der Waals surface area (Å²) in [6, 6.07) is 8.72. The van der Waals surface area contributed by atoms with Gasteiger partial charge in [-0.2, -0.15) is 0 Å². The molecule has 6 heteroatoms. The van der Waals surface area contributed by atoms with Crippen LogP contribution in [0.4, 0.5) is 21.5 Å². The third-order valence-corrected chi connectivity index (χ3v) is 2.84. The van der Waals surface area contributed by atoms with Crippen molar-refractivity contribution in [1.82, 2.24) is 0 Å². The van der Waals surface area contributed by atoms with E-state index in [1.54, 1.807) is 18.2 Å². The predicted molar refractivity (Wildman–Crippen MR) is 72.5 cm³/mol. The van der Waals surface area contributed by atoms with Crippen LogP contribution in [0, 0.1) is 5.82 Å². The predicted octanol–water partition coefficient (Wildman–Crippen LogP) is 3.50. The van der Waals surface area contributed by atoms with Crippen molar-refractivity contribution in [2.24, 2.45) is 0 Å². The molecular weight excluding hydrogens is 271 g/mol. The van der Waals surface area contributed by atoms with E-state index in [1.807, 2.05) is 0 Å². The maximum Gasteiger partial charge on any atom is 0.337 e. The molecule has 0 fully saturated rings. The topological polar surface area (TPSA) is 75.3 Å². The molecule has 0 aromatic heterocycles. The van der Waals surface area contributed by atoms with E-state index in [-0.39, 0.29) is 16.3 Å². The highest BCUT2D eigenvalue weighted by atomic mass is 35.5. The first-order chi connectivity index (χ1) is 8.99. The van der Waals surface area contributed by atoms with Crippen molar-refractivity contribution < 1.29 is 14.3 Å². The van der Waals surface area contributed by atoms with Gasteiger partial charge >= 0.3 is 5.97 Å². The Morgan fingerprint density at radius 2 is 2.05 bits per heavy atom. The van der Waals surface area contributed by atoms with E-state index >= 15 is 0 Å². The third-order valence-electron chi connectivity index (χ3n) is 2.54. The second-order valence-corrected chi connectivity index (χ2v) is 4.23. The quantitative estimate of drug-likeness (QED) is 0.752. The van der Waals surface area contributed by atoms with Crippen molar-refractivity contribution in [3.8, 4) is 0 Å². The summed E-state index contributed by atoms with van der Waals surface area (Å²) in [6.45, 7) is 0. The minimum Gasteiger partial charge on any atom is -0.478 e. The molecule has 0 aliphatic heterocycles. The van der Waals surface area contributed by atoms with Crippen molar-refractivity contribution in [2.75, 3.05) is 11.1 Å². The number of benzene rings is 2. The van der Waals surface area contributed by atoms with Crippen LogP contribution in [-0.2, 0) is 0 Å². The minimum atomic E-state index is -1.12. The number of carboxylic acid groups (broad SMARTS) is 1. The molecule has 4 nitrogen and oxygen atoms in total. The molecular formula is C13H10ClFN2O2. The third kappa shape index (κ3) is 2.77. The number of halogens is 2. The standard InChI is InChI=1S/C13H10ClFN2O2/c14-9-5-4-7(6-10(9)15)17-11-3-1-2-8(12(11)16)13(18)19/h1-6,17H,16H2,(H,18,19). The molecule has 0 atom stereocenters. The number of aromatic carboxylic acids is 1. The van der Waals surface area contributed by atoms with Crippen molar-refractivity contribution in [3.05, 3.63) is 52.8 Å². The van der Waals surface area contributed by atoms with E-state index in [4.69, 9.17) is 22.4 Å². The summed E-state index contributed by atoms with van der Waals surface area (Å²) in [5, 5.41) is 11.8. The summed E-state index contributed by atoms with van der Waals surface area (Å²) >= 11 is 5.58. The zero-order valence-corrected chi connectivity index (χ0v) is 10.4. The van der Waals surface area contributed by atoms with Gasteiger partial charge in [-0.3, -0.25) is 0 Å². The average molecular weight is 281 g/mol. The maximum absolute atomic E-state index is 13.3. The Labute approximate surface area is 113 Å². The van der Waals surface area contributed by atoms with Gasteiger partial charge in [0, 0.05) is 5.69 Å². The van der Waals surface area contributed by atoms with Gasteiger partial charge in [0.25, 0.3) is 0 Å². The van der Waals surface area contributed by atoms with Gasteiger partial charge in [-0.25, -0.2) is 9.18 Å². The Kier molecular flexibility index (Phi) is 3.57. The lowest BCUT2D eigenvalue weighted by Gasteiger charge is -2.11. The highest BCUT2D eigenvalue weighted by Gasteiger charge is 2.11. The lowest BCUT2D eigenvalue weighted by Crippen LogP contribution is -2.05. The van der Waals surface area contributed by atoms with Crippen LogP contribution in [0.25, 0.3) is 0 Å². The van der Waals surface area contributed by atoms with Crippen LogP contribution in [0.3, 0.4) is 0 Å². The fourth-order valence-corrected chi connectivity index (χ4v) is 1.71. The number of rotatable bonds is 3. The van der Waals surface area contributed by atoms with Crippen LogP contribution < -0.4 is 11.1 Å². The Balaban J connectivity index is 2.35.